The Bertz CT molecular complexity index is 650. The summed E-state index contributed by atoms with van der Waals surface area (Å²) in [4.78, 5) is 12.4. The highest BCUT2D eigenvalue weighted by Gasteiger charge is 2.42. The normalized spacial score (nSPS) is 21.6. The molecule has 3 heteroatoms. The maximum Gasteiger partial charge on any atom is 0.200 e. The Kier molecular flexibility index (Phi) is 3.47. The van der Waals surface area contributed by atoms with Crippen LogP contribution in [0.2, 0.25) is 0 Å². The predicted octanol–water partition coefficient (Wildman–Crippen LogP) is 4.53. The number of halogens is 2. The van der Waals surface area contributed by atoms with Crippen molar-refractivity contribution in [1.82, 2.24) is 0 Å². The largest absolute Gasteiger partial charge is 0.291 e. The molecule has 102 valence electrons. The molecule has 0 aromatic heterocycles. The van der Waals surface area contributed by atoms with Crippen LogP contribution in [0.15, 0.2) is 53.0 Å². The zero-order valence-corrected chi connectivity index (χ0v) is 12.5. The van der Waals surface area contributed by atoms with Crippen molar-refractivity contribution in [3.8, 4) is 0 Å². The number of aryl methyl sites for hydroxylation is 1. The van der Waals surface area contributed by atoms with Gasteiger partial charge < -0.3 is 0 Å². The third-order valence-corrected chi connectivity index (χ3v) is 4.39. The number of alkyl halides is 1. The van der Waals surface area contributed by atoms with Crippen LogP contribution in [0.1, 0.15) is 27.9 Å². The molecule has 1 nitrogen and oxygen atoms in total. The Morgan fingerprint density at radius 3 is 2.55 bits per heavy atom. The van der Waals surface area contributed by atoms with Crippen molar-refractivity contribution < 1.29 is 9.18 Å². The number of benzene rings is 2. The lowest BCUT2D eigenvalue weighted by molar-refractivity contribution is 0.0637. The zero-order chi connectivity index (χ0) is 14.2. The lowest BCUT2D eigenvalue weighted by Gasteiger charge is -2.29. The number of fused-ring (bicyclic) bond motifs is 1. The Morgan fingerprint density at radius 2 is 1.80 bits per heavy atom. The van der Waals surface area contributed by atoms with E-state index in [1.54, 1.807) is 12.1 Å². The summed E-state index contributed by atoms with van der Waals surface area (Å²) in [6, 6.07) is 14.8. The van der Waals surface area contributed by atoms with Crippen LogP contribution in [-0.4, -0.2) is 11.5 Å². The Morgan fingerprint density at radius 1 is 1.10 bits per heavy atom. The average Bonchev–Trinajstić information content (AvgIpc) is 2.46. The molecular formula is C17H14BrFO. The summed E-state index contributed by atoms with van der Waals surface area (Å²) in [7, 11) is 0. The number of carbonyl (C=O) groups is 1. The van der Waals surface area contributed by atoms with E-state index in [1.165, 1.54) is 0 Å². The molecule has 1 aliphatic rings. The van der Waals surface area contributed by atoms with E-state index < -0.39 is 5.67 Å². The average molecular weight is 333 g/mol. The monoisotopic (exact) mass is 332 g/mol. The fourth-order valence-electron chi connectivity index (χ4n) is 2.74. The number of carbonyl (C=O) groups excluding carboxylic acids is 1. The summed E-state index contributed by atoms with van der Waals surface area (Å²) in [5.41, 5.74) is 0.575. The second kappa shape index (κ2) is 5.13. The van der Waals surface area contributed by atoms with Crippen LogP contribution in [0.25, 0.3) is 0 Å². The quantitative estimate of drug-likeness (QED) is 0.789. The second-order valence-corrected chi connectivity index (χ2v) is 6.17. The first-order valence-corrected chi connectivity index (χ1v) is 7.44. The molecule has 0 saturated heterocycles. The van der Waals surface area contributed by atoms with Crippen LogP contribution in [0.3, 0.4) is 0 Å². The first-order chi connectivity index (χ1) is 9.58. The fraction of sp³-hybridized carbons (Fsp3) is 0.235. The van der Waals surface area contributed by atoms with E-state index in [4.69, 9.17) is 0 Å². The van der Waals surface area contributed by atoms with Gasteiger partial charge in [0.25, 0.3) is 0 Å². The van der Waals surface area contributed by atoms with Gasteiger partial charge in [-0.15, -0.1) is 0 Å². The first kappa shape index (κ1) is 13.5. The van der Waals surface area contributed by atoms with E-state index in [-0.39, 0.29) is 18.6 Å². The van der Waals surface area contributed by atoms with Crippen LogP contribution in [-0.2, 0) is 12.8 Å². The van der Waals surface area contributed by atoms with E-state index >= 15 is 4.39 Å². The van der Waals surface area contributed by atoms with E-state index in [0.29, 0.717) is 12.0 Å². The van der Waals surface area contributed by atoms with Gasteiger partial charge in [-0.3, -0.25) is 4.79 Å². The number of ketones is 1. The van der Waals surface area contributed by atoms with Gasteiger partial charge in [0.1, 0.15) is 0 Å². The molecule has 0 spiro atoms. The lowest BCUT2D eigenvalue weighted by atomic mass is 9.77. The zero-order valence-electron chi connectivity index (χ0n) is 10.9. The van der Waals surface area contributed by atoms with Gasteiger partial charge in [0.15, 0.2) is 5.67 Å². The molecule has 0 amide bonds. The van der Waals surface area contributed by atoms with E-state index in [2.05, 4.69) is 15.9 Å². The summed E-state index contributed by atoms with van der Waals surface area (Å²) < 4.78 is 16.0. The van der Waals surface area contributed by atoms with E-state index in [1.807, 2.05) is 36.4 Å². The number of hydrogen-bond acceptors (Lipinski definition) is 1. The lowest BCUT2D eigenvalue weighted by Crippen LogP contribution is -2.40. The molecule has 0 heterocycles. The van der Waals surface area contributed by atoms with Gasteiger partial charge >= 0.3 is 0 Å². The van der Waals surface area contributed by atoms with E-state index in [9.17, 15) is 4.79 Å². The highest BCUT2D eigenvalue weighted by Crippen LogP contribution is 2.34. The molecule has 0 fully saturated rings. The van der Waals surface area contributed by atoms with Gasteiger partial charge in [-0.25, -0.2) is 4.39 Å². The maximum absolute atomic E-state index is 15.1. The molecular weight excluding hydrogens is 319 g/mol. The predicted molar refractivity (Wildman–Crippen MR) is 80.8 cm³/mol. The standard InChI is InChI=1S/C17H14BrFO/c18-14-7-5-12(6-8-14)11-17(19)10-9-13-3-1-2-4-15(13)16(17)20/h1-8H,9-11H2/t17-/m0/s1. The molecule has 3 rings (SSSR count). The van der Waals surface area contributed by atoms with Gasteiger partial charge in [0.05, 0.1) is 0 Å². The Hall–Kier alpha value is -1.48. The number of hydrogen-bond donors (Lipinski definition) is 0. The number of Topliss-reactive ketones (excluding diaryl/α,β-unsaturated/α-hetero) is 1. The molecule has 20 heavy (non-hydrogen) atoms. The molecule has 0 radical (unpaired) electrons. The third kappa shape index (κ3) is 2.42. The summed E-state index contributed by atoms with van der Waals surface area (Å²) >= 11 is 3.36. The van der Waals surface area contributed by atoms with Crippen molar-refractivity contribution in [3.63, 3.8) is 0 Å². The molecule has 2 aromatic rings. The van der Waals surface area contributed by atoms with Gasteiger partial charge in [-0.1, -0.05) is 52.3 Å². The minimum absolute atomic E-state index is 0.146. The molecule has 0 saturated carbocycles. The third-order valence-electron chi connectivity index (χ3n) is 3.86. The van der Waals surface area contributed by atoms with Crippen LogP contribution in [0.4, 0.5) is 4.39 Å². The molecule has 0 N–H and O–H groups in total. The molecule has 0 bridgehead atoms. The summed E-state index contributed by atoms with van der Waals surface area (Å²) in [6.07, 6.45) is 1.03. The van der Waals surface area contributed by atoms with Crippen molar-refractivity contribution in [2.24, 2.45) is 0 Å². The Labute approximate surface area is 126 Å². The molecule has 2 aromatic carbocycles. The highest BCUT2D eigenvalue weighted by molar-refractivity contribution is 9.10. The molecule has 1 aliphatic carbocycles. The summed E-state index contributed by atoms with van der Waals surface area (Å²) in [5, 5.41) is 0. The van der Waals surface area contributed by atoms with Gasteiger partial charge in [-0.05, 0) is 36.1 Å². The highest BCUT2D eigenvalue weighted by atomic mass is 79.9. The maximum atomic E-state index is 15.1. The summed E-state index contributed by atoms with van der Waals surface area (Å²) in [6.45, 7) is 0. The second-order valence-electron chi connectivity index (χ2n) is 5.25. The Balaban J connectivity index is 1.90. The minimum Gasteiger partial charge on any atom is -0.291 e. The fourth-order valence-corrected chi connectivity index (χ4v) is 3.01. The molecule has 0 unspecified atom stereocenters. The van der Waals surface area contributed by atoms with Gasteiger partial charge in [-0.2, -0.15) is 0 Å². The van der Waals surface area contributed by atoms with Gasteiger partial charge in [0.2, 0.25) is 5.78 Å². The van der Waals surface area contributed by atoms with Crippen molar-refractivity contribution in [1.29, 1.82) is 0 Å². The number of rotatable bonds is 2. The molecule has 0 aliphatic heterocycles. The molecule has 1 atom stereocenters. The first-order valence-electron chi connectivity index (χ1n) is 6.65. The smallest absolute Gasteiger partial charge is 0.200 e. The van der Waals surface area contributed by atoms with Crippen molar-refractivity contribution in [3.05, 3.63) is 69.7 Å². The van der Waals surface area contributed by atoms with E-state index in [0.717, 1.165) is 15.6 Å². The van der Waals surface area contributed by atoms with Crippen LogP contribution >= 0.6 is 15.9 Å². The minimum atomic E-state index is -1.78. The summed E-state index contributed by atoms with van der Waals surface area (Å²) in [5.74, 6) is -0.373. The van der Waals surface area contributed by atoms with Crippen LogP contribution in [0, 0.1) is 0 Å². The SMILES string of the molecule is O=C1c2ccccc2CC[C@]1(F)Cc1ccc(Br)cc1. The van der Waals surface area contributed by atoms with Crippen LogP contribution < -0.4 is 0 Å². The van der Waals surface area contributed by atoms with Crippen LogP contribution in [0.5, 0.6) is 0 Å². The van der Waals surface area contributed by atoms with Gasteiger partial charge in [0, 0.05) is 16.5 Å². The van der Waals surface area contributed by atoms with Crippen molar-refractivity contribution in [2.75, 3.05) is 0 Å². The van der Waals surface area contributed by atoms with Crippen molar-refractivity contribution >= 4 is 21.7 Å². The topological polar surface area (TPSA) is 17.1 Å². The van der Waals surface area contributed by atoms with Crippen molar-refractivity contribution in [2.45, 2.75) is 24.9 Å².